The lowest BCUT2D eigenvalue weighted by Crippen LogP contribution is -2.61. The molecule has 2 aromatic carbocycles. The first kappa shape index (κ1) is 34.4. The number of hydrogen-bond acceptors (Lipinski definition) is 10. The molecule has 53 heavy (non-hydrogen) atoms. The Kier molecular flexibility index (Phi) is 8.47. The average molecular weight is 724 g/mol. The number of anilines is 1. The van der Waals surface area contributed by atoms with Crippen LogP contribution in [0.25, 0.3) is 11.1 Å². The normalized spacial score (nSPS) is 22.3. The number of carbonyl (C=O) groups is 5. The van der Waals surface area contributed by atoms with E-state index in [-0.39, 0.29) is 54.2 Å². The summed E-state index contributed by atoms with van der Waals surface area (Å²) in [4.78, 5) is 83.7. The number of pyridine rings is 1. The van der Waals surface area contributed by atoms with Gasteiger partial charge in [-0.1, -0.05) is 0 Å². The molecule has 0 aliphatic carbocycles. The number of fused-ring (bicyclic) bond motifs is 3. The molecule has 276 valence electrons. The number of amides is 6. The Labute approximate surface area is 305 Å². The van der Waals surface area contributed by atoms with Gasteiger partial charge in [0.2, 0.25) is 11.8 Å². The van der Waals surface area contributed by atoms with E-state index in [0.717, 1.165) is 52.4 Å². The molecule has 0 spiro atoms. The second kappa shape index (κ2) is 13.1. The molecule has 1 aromatic heterocycles. The fourth-order valence-electron chi connectivity index (χ4n) is 8.71. The van der Waals surface area contributed by atoms with Crippen molar-refractivity contribution in [1.29, 1.82) is 0 Å². The molecule has 8 rings (SSSR count). The summed E-state index contributed by atoms with van der Waals surface area (Å²) in [6, 6.07) is 8.48. The number of ether oxygens (including phenoxy) is 2. The van der Waals surface area contributed by atoms with E-state index in [9.17, 15) is 28.8 Å². The van der Waals surface area contributed by atoms with Crippen LogP contribution in [0.2, 0.25) is 0 Å². The van der Waals surface area contributed by atoms with Crippen LogP contribution in [0.3, 0.4) is 0 Å². The van der Waals surface area contributed by atoms with Gasteiger partial charge in [-0.2, -0.15) is 0 Å². The number of nitrogens with zero attached hydrogens (tertiary/aromatic N) is 5. The fraction of sp³-hybridized carbons (Fsp3) is 0.421. The van der Waals surface area contributed by atoms with Crippen molar-refractivity contribution in [2.75, 3.05) is 45.8 Å². The summed E-state index contributed by atoms with van der Waals surface area (Å²) in [5, 5.41) is 4.89. The van der Waals surface area contributed by atoms with Crippen LogP contribution in [0, 0.1) is 0 Å². The second-order valence-corrected chi connectivity index (χ2v) is 14.2. The topological polar surface area (TPSA) is 163 Å². The molecule has 3 atom stereocenters. The van der Waals surface area contributed by atoms with E-state index in [1.807, 2.05) is 24.4 Å². The van der Waals surface area contributed by atoms with Gasteiger partial charge in [-0.05, 0) is 60.7 Å². The maximum Gasteiger partial charge on any atom is 0.317 e. The summed E-state index contributed by atoms with van der Waals surface area (Å²) in [5.41, 5.74) is 5.45. The van der Waals surface area contributed by atoms with E-state index in [2.05, 4.69) is 20.4 Å². The largest absolute Gasteiger partial charge is 0.496 e. The SMILES string of the molecule is CNC(=O)N1CCc2c(-c3cc(OC)c(CN4CCC5C4CN5c4ccc5c(c4)C(=O)N(C4CCC(=O)NC4=O)C5=O)c(OC)c3)cn(C)c(=O)c2C1. The molecule has 6 amide bonds. The van der Waals surface area contributed by atoms with Crippen molar-refractivity contribution in [2.45, 2.75) is 56.9 Å². The van der Waals surface area contributed by atoms with Gasteiger partial charge in [0.15, 0.2) is 0 Å². The summed E-state index contributed by atoms with van der Waals surface area (Å²) in [7, 11) is 6.57. The molecule has 3 fully saturated rings. The van der Waals surface area contributed by atoms with E-state index in [1.165, 1.54) is 0 Å². The number of carbonyl (C=O) groups excluding carboxylic acids is 5. The lowest BCUT2D eigenvalue weighted by Gasteiger charge is -2.48. The molecule has 5 aliphatic rings. The standard InChI is InChI=1S/C38H41N7O8/c1-39-38(51)43-11-9-22-25(16-41(2)35(48)26(22)17-43)20-13-31(52-3)27(32(14-20)53-4)18-42-12-10-28-30(42)19-44(28)21-5-6-23-24(15-21)37(50)45(36(23)49)29-7-8-33(46)40-34(29)47/h5-6,13-16,28-30H,7-12,17-19H2,1-4H3,(H,39,51)(H,40,46,47). The third kappa shape index (κ3) is 5.52. The summed E-state index contributed by atoms with van der Waals surface area (Å²) in [6.45, 7) is 2.88. The molecule has 3 unspecified atom stereocenters. The van der Waals surface area contributed by atoms with Gasteiger partial charge in [-0.3, -0.25) is 39.1 Å². The minimum Gasteiger partial charge on any atom is -0.496 e. The van der Waals surface area contributed by atoms with Crippen LogP contribution < -0.4 is 30.6 Å². The molecule has 15 nitrogen and oxygen atoms in total. The van der Waals surface area contributed by atoms with Gasteiger partial charge < -0.3 is 29.2 Å². The van der Waals surface area contributed by atoms with Crippen molar-refractivity contribution < 1.29 is 33.4 Å². The van der Waals surface area contributed by atoms with Crippen LogP contribution in [0.15, 0.2) is 41.3 Å². The number of urea groups is 1. The maximum atomic E-state index is 13.4. The van der Waals surface area contributed by atoms with E-state index in [0.29, 0.717) is 36.6 Å². The Morgan fingerprint density at radius 1 is 0.887 bits per heavy atom. The molecule has 2 N–H and O–H groups in total. The van der Waals surface area contributed by atoms with Crippen LogP contribution in [0.5, 0.6) is 11.5 Å². The number of imide groups is 2. The molecular weight excluding hydrogens is 682 g/mol. The smallest absolute Gasteiger partial charge is 0.317 e. The van der Waals surface area contributed by atoms with Gasteiger partial charge in [0.1, 0.15) is 17.5 Å². The second-order valence-electron chi connectivity index (χ2n) is 14.2. The van der Waals surface area contributed by atoms with Crippen molar-refractivity contribution in [1.82, 2.24) is 29.9 Å². The molecule has 6 heterocycles. The number of likely N-dealkylation sites (tertiary alicyclic amines) is 1. The summed E-state index contributed by atoms with van der Waals surface area (Å²) >= 11 is 0. The number of nitrogens with one attached hydrogen (secondary N) is 2. The minimum atomic E-state index is -1.00. The van der Waals surface area contributed by atoms with Crippen LogP contribution in [0.1, 0.15) is 56.7 Å². The van der Waals surface area contributed by atoms with Crippen LogP contribution in [-0.4, -0.2) is 108 Å². The zero-order valence-corrected chi connectivity index (χ0v) is 30.1. The molecule has 15 heteroatoms. The third-order valence-corrected chi connectivity index (χ3v) is 11.5. The molecule has 3 saturated heterocycles. The van der Waals surface area contributed by atoms with Crippen molar-refractivity contribution >= 4 is 35.3 Å². The molecule has 0 radical (unpaired) electrons. The quantitative estimate of drug-likeness (QED) is 0.343. The highest BCUT2D eigenvalue weighted by Gasteiger charge is 2.49. The number of rotatable bonds is 7. The van der Waals surface area contributed by atoms with Gasteiger partial charge in [0.25, 0.3) is 17.4 Å². The maximum absolute atomic E-state index is 13.4. The third-order valence-electron chi connectivity index (χ3n) is 11.5. The zero-order valence-electron chi connectivity index (χ0n) is 30.1. The number of methoxy groups -OCH3 is 2. The Morgan fingerprint density at radius 3 is 2.32 bits per heavy atom. The highest BCUT2D eigenvalue weighted by atomic mass is 16.5. The summed E-state index contributed by atoms with van der Waals surface area (Å²) in [6.07, 6.45) is 3.47. The first-order valence-corrected chi connectivity index (χ1v) is 17.8. The van der Waals surface area contributed by atoms with Crippen LogP contribution >= 0.6 is 0 Å². The van der Waals surface area contributed by atoms with Crippen molar-refractivity contribution in [3.8, 4) is 22.6 Å². The van der Waals surface area contributed by atoms with Crippen LogP contribution in [-0.2, 0) is 36.1 Å². The Bertz CT molecular complexity index is 2140. The number of aromatic nitrogens is 1. The van der Waals surface area contributed by atoms with Gasteiger partial charge in [-0.25, -0.2) is 4.79 Å². The lowest BCUT2D eigenvalue weighted by atomic mass is 9.91. The van der Waals surface area contributed by atoms with Gasteiger partial charge >= 0.3 is 6.03 Å². The molecule has 0 saturated carbocycles. The summed E-state index contributed by atoms with van der Waals surface area (Å²) < 4.78 is 13.5. The van der Waals surface area contributed by atoms with E-state index >= 15 is 0 Å². The van der Waals surface area contributed by atoms with E-state index in [1.54, 1.807) is 49.9 Å². The first-order chi connectivity index (χ1) is 25.5. The van der Waals surface area contributed by atoms with Gasteiger partial charge in [-0.15, -0.1) is 0 Å². The number of hydrogen-bond donors (Lipinski definition) is 2. The average Bonchev–Trinajstić information content (AvgIpc) is 3.59. The fourth-order valence-corrected chi connectivity index (χ4v) is 8.71. The predicted molar refractivity (Wildman–Crippen MR) is 192 cm³/mol. The highest BCUT2D eigenvalue weighted by Crippen LogP contribution is 2.43. The van der Waals surface area contributed by atoms with Crippen molar-refractivity contribution in [3.63, 3.8) is 0 Å². The summed E-state index contributed by atoms with van der Waals surface area (Å²) in [5.74, 6) is -0.722. The highest BCUT2D eigenvalue weighted by molar-refractivity contribution is 6.23. The lowest BCUT2D eigenvalue weighted by molar-refractivity contribution is -0.136. The Morgan fingerprint density at radius 2 is 1.62 bits per heavy atom. The number of benzene rings is 2. The first-order valence-electron chi connectivity index (χ1n) is 17.8. The molecule has 3 aromatic rings. The minimum absolute atomic E-state index is 0.0712. The molecule has 0 bridgehead atoms. The number of piperidine rings is 1. The number of aryl methyl sites for hydroxylation is 1. The van der Waals surface area contributed by atoms with Gasteiger partial charge in [0, 0.05) is 81.8 Å². The zero-order chi connectivity index (χ0) is 37.3. The Balaban J connectivity index is 1.01. The molecular formula is C38H41N7O8. The van der Waals surface area contributed by atoms with E-state index in [4.69, 9.17) is 9.47 Å². The van der Waals surface area contributed by atoms with Gasteiger partial charge in [0.05, 0.1) is 37.5 Å². The van der Waals surface area contributed by atoms with Crippen LogP contribution in [0.4, 0.5) is 10.5 Å². The van der Waals surface area contributed by atoms with E-state index < -0.39 is 29.7 Å². The van der Waals surface area contributed by atoms with Crippen molar-refractivity contribution in [2.24, 2.45) is 7.05 Å². The monoisotopic (exact) mass is 723 g/mol. The Hall–Kier alpha value is -5.70. The molecule has 5 aliphatic heterocycles. The van der Waals surface area contributed by atoms with Crippen molar-refractivity contribution in [3.05, 3.63) is 74.7 Å². The predicted octanol–water partition coefficient (Wildman–Crippen LogP) is 1.63.